The van der Waals surface area contributed by atoms with Gasteiger partial charge in [0.1, 0.15) is 0 Å². The van der Waals surface area contributed by atoms with Crippen molar-refractivity contribution in [3.8, 4) is 0 Å². The van der Waals surface area contributed by atoms with E-state index >= 15 is 0 Å². The number of pyridine rings is 1. The third-order valence-corrected chi connectivity index (χ3v) is 3.82. The van der Waals surface area contributed by atoms with Crippen molar-refractivity contribution in [3.05, 3.63) is 36.2 Å². The van der Waals surface area contributed by atoms with E-state index in [1.54, 1.807) is 0 Å². The minimum Gasteiger partial charge on any atom is -0.399 e. The molecule has 0 bridgehead atoms. The molecule has 2 heterocycles. The highest BCUT2D eigenvalue weighted by Crippen LogP contribution is 2.39. The summed E-state index contributed by atoms with van der Waals surface area (Å²) in [4.78, 5) is 4.27. The second kappa shape index (κ2) is 4.21. The van der Waals surface area contributed by atoms with Gasteiger partial charge in [0.05, 0.1) is 11.2 Å². The molecule has 1 fully saturated rings. The van der Waals surface area contributed by atoms with E-state index in [1.807, 2.05) is 52.9 Å². The molecule has 2 rings (SSSR count). The molecule has 0 atom stereocenters. The van der Waals surface area contributed by atoms with Gasteiger partial charge in [-0.15, -0.1) is 0 Å². The molecule has 18 heavy (non-hydrogen) atoms. The highest BCUT2D eigenvalue weighted by molar-refractivity contribution is 6.68. The molecule has 96 valence electrons. The largest absolute Gasteiger partial charge is 0.494 e. The first-order valence-corrected chi connectivity index (χ1v) is 6.20. The second-order valence-corrected chi connectivity index (χ2v) is 5.80. The van der Waals surface area contributed by atoms with E-state index in [0.29, 0.717) is 0 Å². The van der Waals surface area contributed by atoms with E-state index in [0.717, 1.165) is 16.7 Å². The SMILES string of the molecule is C=C(B1OC(C)(C)C(C)(C)O1)c1ccc(C)nc1. The zero-order valence-electron chi connectivity index (χ0n) is 11.8. The highest BCUT2D eigenvalue weighted by Gasteiger charge is 2.52. The van der Waals surface area contributed by atoms with Crippen LogP contribution >= 0.6 is 0 Å². The summed E-state index contributed by atoms with van der Waals surface area (Å²) in [6.07, 6.45) is 1.81. The third-order valence-electron chi connectivity index (χ3n) is 3.82. The molecule has 1 aromatic heterocycles. The standard InChI is InChI=1S/C14H20BNO2/c1-10-7-8-12(9-16-10)11(2)15-17-13(3,4)14(5,6)18-15/h7-9H,2H2,1,3-6H3. The number of nitrogens with zero attached hydrogens (tertiary/aromatic N) is 1. The fraction of sp³-hybridized carbons (Fsp3) is 0.500. The van der Waals surface area contributed by atoms with E-state index in [2.05, 4.69) is 11.6 Å². The van der Waals surface area contributed by atoms with Crippen LogP contribution in [0.1, 0.15) is 39.0 Å². The van der Waals surface area contributed by atoms with Gasteiger partial charge < -0.3 is 9.31 Å². The van der Waals surface area contributed by atoms with Gasteiger partial charge in [-0.3, -0.25) is 4.98 Å². The molecule has 1 aliphatic heterocycles. The Morgan fingerprint density at radius 3 is 2.17 bits per heavy atom. The summed E-state index contributed by atoms with van der Waals surface area (Å²) in [5, 5.41) is 0. The molecule has 0 spiro atoms. The molecule has 1 aliphatic rings. The zero-order chi connectivity index (χ0) is 13.6. The van der Waals surface area contributed by atoms with Crippen LogP contribution in [0.25, 0.3) is 5.47 Å². The average molecular weight is 245 g/mol. The fourth-order valence-corrected chi connectivity index (χ4v) is 1.78. The Morgan fingerprint density at radius 1 is 1.17 bits per heavy atom. The van der Waals surface area contributed by atoms with E-state index in [4.69, 9.17) is 9.31 Å². The smallest absolute Gasteiger partial charge is 0.399 e. The number of hydrogen-bond donors (Lipinski definition) is 0. The van der Waals surface area contributed by atoms with Gasteiger partial charge in [-0.1, -0.05) is 12.6 Å². The Bertz CT molecular complexity index is 449. The van der Waals surface area contributed by atoms with Crippen LogP contribution in [0.2, 0.25) is 0 Å². The first-order valence-electron chi connectivity index (χ1n) is 6.20. The third kappa shape index (κ3) is 2.23. The Labute approximate surface area is 109 Å². The molecular weight excluding hydrogens is 225 g/mol. The van der Waals surface area contributed by atoms with E-state index < -0.39 is 7.12 Å². The highest BCUT2D eigenvalue weighted by atomic mass is 16.7. The van der Waals surface area contributed by atoms with E-state index in [9.17, 15) is 0 Å². The molecule has 0 saturated carbocycles. The van der Waals surface area contributed by atoms with Crippen LogP contribution in [0.3, 0.4) is 0 Å². The molecule has 1 saturated heterocycles. The summed E-state index contributed by atoms with van der Waals surface area (Å²) in [5.74, 6) is 0. The molecule has 0 radical (unpaired) electrons. The van der Waals surface area contributed by atoms with Crippen molar-refractivity contribution in [2.45, 2.75) is 45.8 Å². The molecule has 0 aromatic carbocycles. The zero-order valence-corrected chi connectivity index (χ0v) is 11.8. The summed E-state index contributed by atoms with van der Waals surface area (Å²) in [6, 6.07) is 3.96. The van der Waals surface area contributed by atoms with Crippen molar-refractivity contribution in [3.63, 3.8) is 0 Å². The molecule has 1 aromatic rings. The normalized spacial score (nSPS) is 21.1. The van der Waals surface area contributed by atoms with Gasteiger partial charge >= 0.3 is 7.12 Å². The van der Waals surface area contributed by atoms with Crippen molar-refractivity contribution in [2.24, 2.45) is 0 Å². The lowest BCUT2D eigenvalue weighted by Gasteiger charge is -2.32. The van der Waals surface area contributed by atoms with E-state index in [1.165, 1.54) is 0 Å². The summed E-state index contributed by atoms with van der Waals surface area (Å²) in [6.45, 7) is 14.2. The number of aryl methyl sites for hydroxylation is 1. The predicted molar refractivity (Wildman–Crippen MR) is 74.1 cm³/mol. The number of aromatic nitrogens is 1. The minimum absolute atomic E-state index is 0.335. The van der Waals surface area contributed by atoms with Crippen LogP contribution < -0.4 is 0 Å². The monoisotopic (exact) mass is 245 g/mol. The predicted octanol–water partition coefficient (Wildman–Crippen LogP) is 3.03. The van der Waals surface area contributed by atoms with Gasteiger partial charge in [-0.05, 0) is 51.7 Å². The van der Waals surface area contributed by atoms with Crippen LogP contribution in [-0.2, 0) is 9.31 Å². The van der Waals surface area contributed by atoms with Crippen LogP contribution in [0.4, 0.5) is 0 Å². The van der Waals surface area contributed by atoms with Gasteiger partial charge in [0.15, 0.2) is 0 Å². The van der Waals surface area contributed by atoms with Crippen LogP contribution in [0.15, 0.2) is 24.9 Å². The molecule has 0 aliphatic carbocycles. The van der Waals surface area contributed by atoms with Crippen LogP contribution in [-0.4, -0.2) is 23.3 Å². The molecule has 4 heteroatoms. The Kier molecular flexibility index (Phi) is 3.12. The van der Waals surface area contributed by atoms with Crippen molar-refractivity contribution in [1.82, 2.24) is 4.98 Å². The number of hydrogen-bond acceptors (Lipinski definition) is 3. The minimum atomic E-state index is -0.403. The first-order chi connectivity index (χ1) is 8.23. The lowest BCUT2D eigenvalue weighted by atomic mass is 9.76. The fourth-order valence-electron chi connectivity index (χ4n) is 1.78. The van der Waals surface area contributed by atoms with Crippen molar-refractivity contribution >= 4 is 12.6 Å². The van der Waals surface area contributed by atoms with Gasteiger partial charge in [-0.2, -0.15) is 0 Å². The van der Waals surface area contributed by atoms with Crippen molar-refractivity contribution in [1.29, 1.82) is 0 Å². The van der Waals surface area contributed by atoms with Crippen LogP contribution in [0, 0.1) is 6.92 Å². The van der Waals surface area contributed by atoms with Crippen LogP contribution in [0.5, 0.6) is 0 Å². The van der Waals surface area contributed by atoms with Gasteiger partial charge in [0.2, 0.25) is 0 Å². The van der Waals surface area contributed by atoms with Gasteiger partial charge in [0.25, 0.3) is 0 Å². The van der Waals surface area contributed by atoms with Crippen molar-refractivity contribution < 1.29 is 9.31 Å². The van der Waals surface area contributed by atoms with Crippen molar-refractivity contribution in [2.75, 3.05) is 0 Å². The Hall–Kier alpha value is -1.13. The summed E-state index contributed by atoms with van der Waals surface area (Å²) in [7, 11) is -0.403. The average Bonchev–Trinajstić information content (AvgIpc) is 2.48. The first kappa shape index (κ1) is 13.3. The topological polar surface area (TPSA) is 31.4 Å². The molecular formula is C14H20BNO2. The Morgan fingerprint density at radius 2 is 1.72 bits per heavy atom. The lowest BCUT2D eigenvalue weighted by Crippen LogP contribution is -2.41. The second-order valence-electron chi connectivity index (χ2n) is 5.80. The Balaban J connectivity index is 2.20. The maximum absolute atomic E-state index is 5.96. The molecule has 3 nitrogen and oxygen atoms in total. The molecule has 0 N–H and O–H groups in total. The summed E-state index contributed by atoms with van der Waals surface area (Å²) < 4.78 is 11.9. The maximum Gasteiger partial charge on any atom is 0.494 e. The number of rotatable bonds is 2. The van der Waals surface area contributed by atoms with E-state index in [-0.39, 0.29) is 11.2 Å². The molecule has 0 amide bonds. The van der Waals surface area contributed by atoms with Gasteiger partial charge in [0, 0.05) is 11.9 Å². The van der Waals surface area contributed by atoms with Gasteiger partial charge in [-0.25, -0.2) is 0 Å². The maximum atomic E-state index is 5.96. The summed E-state index contributed by atoms with van der Waals surface area (Å²) in [5.41, 5.74) is 2.10. The quantitative estimate of drug-likeness (QED) is 0.750. The lowest BCUT2D eigenvalue weighted by molar-refractivity contribution is 0.00578. The molecule has 0 unspecified atom stereocenters. The summed E-state index contributed by atoms with van der Waals surface area (Å²) >= 11 is 0.